The Morgan fingerprint density at radius 2 is 1.96 bits per heavy atom. The topological polar surface area (TPSA) is 75.4 Å². The molecule has 0 atom stereocenters. The van der Waals surface area contributed by atoms with Crippen molar-refractivity contribution < 1.29 is 9.90 Å². The van der Waals surface area contributed by atoms with Gasteiger partial charge in [0.15, 0.2) is 0 Å². The highest BCUT2D eigenvalue weighted by atomic mass is 35.5. The first kappa shape index (κ1) is 16.0. The van der Waals surface area contributed by atoms with Crippen molar-refractivity contribution >= 4 is 34.2 Å². The number of carbonyl (C=O) groups excluding carboxylic acids is 1. The number of fused-ring (bicyclic) bond motifs is 1. The summed E-state index contributed by atoms with van der Waals surface area (Å²) in [5, 5.41) is 11.3. The second kappa shape index (κ2) is 5.98. The summed E-state index contributed by atoms with van der Waals surface area (Å²) < 4.78 is 1.34. The summed E-state index contributed by atoms with van der Waals surface area (Å²) in [7, 11) is 3.04. The number of aryl methyl sites for hydroxylation is 1. The van der Waals surface area contributed by atoms with Crippen LogP contribution in [-0.2, 0) is 7.05 Å². The van der Waals surface area contributed by atoms with Gasteiger partial charge in [0.1, 0.15) is 17.1 Å². The zero-order valence-electron chi connectivity index (χ0n) is 13.0. The SMILES string of the molecule is CN(C(=O)c1c(O)c2ccccc2n(C)c1=O)c1ccc(Cl)cn1. The second-order valence-corrected chi connectivity index (χ2v) is 5.74. The largest absolute Gasteiger partial charge is 0.506 e. The average Bonchev–Trinajstić information content (AvgIpc) is 2.60. The van der Waals surface area contributed by atoms with Gasteiger partial charge in [-0.2, -0.15) is 0 Å². The van der Waals surface area contributed by atoms with E-state index >= 15 is 0 Å². The number of para-hydroxylation sites is 1. The number of anilines is 1. The molecule has 122 valence electrons. The number of pyridine rings is 2. The molecule has 6 nitrogen and oxygen atoms in total. The van der Waals surface area contributed by atoms with Crippen molar-refractivity contribution in [2.75, 3.05) is 11.9 Å². The molecule has 0 bridgehead atoms. The van der Waals surface area contributed by atoms with Crippen molar-refractivity contribution in [1.29, 1.82) is 0 Å². The number of benzene rings is 1. The van der Waals surface area contributed by atoms with Crippen molar-refractivity contribution in [1.82, 2.24) is 9.55 Å². The fourth-order valence-corrected chi connectivity index (χ4v) is 2.62. The average molecular weight is 344 g/mol. The molecule has 2 heterocycles. The van der Waals surface area contributed by atoms with Gasteiger partial charge < -0.3 is 9.67 Å². The predicted octanol–water partition coefficient (Wildman–Crippen LogP) is 2.57. The van der Waals surface area contributed by atoms with Gasteiger partial charge in [0, 0.05) is 25.7 Å². The van der Waals surface area contributed by atoms with Crippen LogP contribution in [0, 0.1) is 0 Å². The number of amides is 1. The van der Waals surface area contributed by atoms with Crippen LogP contribution < -0.4 is 10.5 Å². The number of rotatable bonds is 2. The van der Waals surface area contributed by atoms with Gasteiger partial charge in [-0.15, -0.1) is 0 Å². The van der Waals surface area contributed by atoms with Gasteiger partial charge in [-0.25, -0.2) is 4.98 Å². The first-order chi connectivity index (χ1) is 11.4. The van der Waals surface area contributed by atoms with Crippen LogP contribution in [0.4, 0.5) is 5.82 Å². The van der Waals surface area contributed by atoms with Crippen LogP contribution in [0.2, 0.25) is 5.02 Å². The molecule has 0 fully saturated rings. The molecule has 0 unspecified atom stereocenters. The van der Waals surface area contributed by atoms with Gasteiger partial charge in [0.05, 0.1) is 10.5 Å². The minimum atomic E-state index is -0.645. The Labute approximate surface area is 142 Å². The number of carbonyl (C=O) groups is 1. The summed E-state index contributed by atoms with van der Waals surface area (Å²) in [6.45, 7) is 0. The summed E-state index contributed by atoms with van der Waals surface area (Å²) in [6, 6.07) is 9.99. The van der Waals surface area contributed by atoms with Gasteiger partial charge in [0.25, 0.3) is 11.5 Å². The Balaban J connectivity index is 2.17. The van der Waals surface area contributed by atoms with Gasteiger partial charge >= 0.3 is 0 Å². The zero-order chi connectivity index (χ0) is 17.4. The summed E-state index contributed by atoms with van der Waals surface area (Å²) in [4.78, 5) is 30.5. The van der Waals surface area contributed by atoms with E-state index in [1.54, 1.807) is 43.4 Å². The first-order valence-electron chi connectivity index (χ1n) is 7.12. The summed E-state index contributed by atoms with van der Waals surface area (Å²) in [5.41, 5.74) is -0.323. The fourth-order valence-electron chi connectivity index (χ4n) is 2.51. The second-order valence-electron chi connectivity index (χ2n) is 5.30. The highest BCUT2D eigenvalue weighted by Gasteiger charge is 2.25. The maximum absolute atomic E-state index is 12.7. The van der Waals surface area contributed by atoms with Crippen LogP contribution in [0.15, 0.2) is 47.4 Å². The van der Waals surface area contributed by atoms with Crippen molar-refractivity contribution in [2.24, 2.45) is 7.05 Å². The van der Waals surface area contributed by atoms with E-state index in [0.29, 0.717) is 21.7 Å². The minimum Gasteiger partial charge on any atom is -0.506 e. The molecule has 0 aliphatic carbocycles. The van der Waals surface area contributed by atoms with E-state index in [2.05, 4.69) is 4.98 Å². The van der Waals surface area contributed by atoms with Crippen molar-refractivity contribution in [3.63, 3.8) is 0 Å². The number of nitrogens with zero attached hydrogens (tertiary/aromatic N) is 3. The summed E-state index contributed by atoms with van der Waals surface area (Å²) >= 11 is 5.79. The van der Waals surface area contributed by atoms with Gasteiger partial charge in [-0.1, -0.05) is 23.7 Å². The highest BCUT2D eigenvalue weighted by molar-refractivity contribution is 6.30. The molecule has 1 aromatic carbocycles. The summed E-state index contributed by atoms with van der Waals surface area (Å²) in [5.74, 6) is -0.660. The van der Waals surface area contributed by atoms with Crippen LogP contribution in [0.3, 0.4) is 0 Å². The lowest BCUT2D eigenvalue weighted by molar-refractivity contribution is 0.0988. The monoisotopic (exact) mass is 343 g/mol. The third-order valence-electron chi connectivity index (χ3n) is 3.85. The highest BCUT2D eigenvalue weighted by Crippen LogP contribution is 2.27. The molecule has 0 aliphatic heterocycles. The molecule has 0 saturated heterocycles. The van der Waals surface area contributed by atoms with E-state index in [9.17, 15) is 14.7 Å². The van der Waals surface area contributed by atoms with E-state index in [1.165, 1.54) is 22.7 Å². The first-order valence-corrected chi connectivity index (χ1v) is 7.50. The Bertz CT molecular complexity index is 996. The zero-order valence-corrected chi connectivity index (χ0v) is 13.8. The molecule has 0 saturated carbocycles. The molecular weight excluding hydrogens is 330 g/mol. The number of halogens is 1. The van der Waals surface area contributed by atoms with E-state index in [-0.39, 0.29) is 11.3 Å². The Kier molecular flexibility index (Phi) is 3.99. The molecule has 24 heavy (non-hydrogen) atoms. The summed E-state index contributed by atoms with van der Waals surface area (Å²) in [6.07, 6.45) is 1.40. The molecular formula is C17H14ClN3O3. The standard InChI is InChI=1S/C17H14ClN3O3/c1-20-12-6-4-3-5-11(12)15(22)14(16(20)23)17(24)21(2)13-8-7-10(18)9-19-13/h3-9,22H,1-2H3. The van der Waals surface area contributed by atoms with Crippen LogP contribution in [0.1, 0.15) is 10.4 Å². The van der Waals surface area contributed by atoms with Gasteiger partial charge in [0.2, 0.25) is 0 Å². The van der Waals surface area contributed by atoms with E-state index in [4.69, 9.17) is 11.6 Å². The van der Waals surface area contributed by atoms with Crippen molar-refractivity contribution in [3.8, 4) is 5.75 Å². The Morgan fingerprint density at radius 3 is 2.62 bits per heavy atom. The molecule has 3 rings (SSSR count). The third kappa shape index (κ3) is 2.51. The number of hydrogen-bond donors (Lipinski definition) is 1. The van der Waals surface area contributed by atoms with Crippen molar-refractivity contribution in [2.45, 2.75) is 0 Å². The van der Waals surface area contributed by atoms with E-state index < -0.39 is 11.5 Å². The van der Waals surface area contributed by atoms with E-state index in [0.717, 1.165) is 0 Å². The number of aromatic nitrogens is 2. The lowest BCUT2D eigenvalue weighted by atomic mass is 10.1. The Morgan fingerprint density at radius 1 is 1.25 bits per heavy atom. The molecule has 3 aromatic rings. The molecule has 7 heteroatoms. The van der Waals surface area contributed by atoms with Crippen LogP contribution in [0.5, 0.6) is 5.75 Å². The van der Waals surface area contributed by atoms with Crippen LogP contribution in [-0.4, -0.2) is 27.6 Å². The molecule has 1 N–H and O–H groups in total. The molecule has 0 aliphatic rings. The maximum Gasteiger partial charge on any atom is 0.268 e. The molecule has 1 amide bonds. The maximum atomic E-state index is 12.7. The Hall–Kier alpha value is -2.86. The lowest BCUT2D eigenvalue weighted by Gasteiger charge is -2.18. The quantitative estimate of drug-likeness (QED) is 0.776. The number of hydrogen-bond acceptors (Lipinski definition) is 4. The normalized spacial score (nSPS) is 10.8. The van der Waals surface area contributed by atoms with Crippen molar-refractivity contribution in [3.05, 3.63) is 63.5 Å². The van der Waals surface area contributed by atoms with Crippen LogP contribution >= 0.6 is 11.6 Å². The third-order valence-corrected chi connectivity index (χ3v) is 4.07. The fraction of sp³-hybridized carbons (Fsp3) is 0.118. The predicted molar refractivity (Wildman–Crippen MR) is 92.8 cm³/mol. The lowest BCUT2D eigenvalue weighted by Crippen LogP contribution is -2.34. The number of aromatic hydroxyl groups is 1. The van der Waals surface area contributed by atoms with E-state index in [1.807, 2.05) is 0 Å². The minimum absolute atomic E-state index is 0.296. The van der Waals surface area contributed by atoms with Gasteiger partial charge in [-0.3, -0.25) is 14.5 Å². The molecule has 0 radical (unpaired) electrons. The smallest absolute Gasteiger partial charge is 0.268 e. The van der Waals surface area contributed by atoms with Crippen LogP contribution in [0.25, 0.3) is 10.9 Å². The van der Waals surface area contributed by atoms with Gasteiger partial charge in [-0.05, 0) is 24.3 Å². The molecule has 2 aromatic heterocycles. The molecule has 0 spiro atoms.